The van der Waals surface area contributed by atoms with Gasteiger partial charge in [0, 0.05) is 19.1 Å². The molecule has 0 unspecified atom stereocenters. The molecule has 0 aliphatic carbocycles. The first-order valence-electron chi connectivity index (χ1n) is 4.41. The summed E-state index contributed by atoms with van der Waals surface area (Å²) in [4.78, 5) is 34.9. The van der Waals surface area contributed by atoms with Crippen LogP contribution in [0.25, 0.3) is 11.0 Å². The van der Waals surface area contributed by atoms with Gasteiger partial charge in [0.1, 0.15) is 0 Å². The Kier molecular flexibility index (Phi) is 2.08. The molecule has 0 saturated carbocycles. The Labute approximate surface area is 88.5 Å². The van der Waals surface area contributed by atoms with Crippen molar-refractivity contribution in [3.8, 4) is 0 Å². The van der Waals surface area contributed by atoms with Crippen molar-refractivity contribution in [3.63, 3.8) is 0 Å². The van der Waals surface area contributed by atoms with Crippen molar-refractivity contribution >= 4 is 22.6 Å². The van der Waals surface area contributed by atoms with Gasteiger partial charge in [0.2, 0.25) is 5.91 Å². The van der Waals surface area contributed by atoms with E-state index in [0.29, 0.717) is 5.52 Å². The van der Waals surface area contributed by atoms with Gasteiger partial charge in [0.15, 0.2) is 0 Å². The molecule has 0 radical (unpaired) electrons. The summed E-state index contributed by atoms with van der Waals surface area (Å²) in [5, 5.41) is 10.5. The Morgan fingerprint density at radius 3 is 2.75 bits per heavy atom. The van der Waals surface area contributed by atoms with E-state index < -0.39 is 16.5 Å². The van der Waals surface area contributed by atoms with Gasteiger partial charge in [-0.05, 0) is 6.07 Å². The predicted molar refractivity (Wildman–Crippen MR) is 55.5 cm³/mol. The summed E-state index contributed by atoms with van der Waals surface area (Å²) in [5.74, 6) is -0.440. The normalized spacial score (nSPS) is 10.6. The van der Waals surface area contributed by atoms with Gasteiger partial charge in [-0.2, -0.15) is 0 Å². The van der Waals surface area contributed by atoms with Crippen LogP contribution in [0.2, 0.25) is 0 Å². The Bertz CT molecular complexity index is 652. The number of aromatic amines is 1. The fourth-order valence-electron chi connectivity index (χ4n) is 1.53. The predicted octanol–water partition coefficient (Wildman–Crippen LogP) is 0.898. The van der Waals surface area contributed by atoms with E-state index >= 15 is 0 Å². The number of hydrogen-bond acceptors (Lipinski definition) is 4. The van der Waals surface area contributed by atoms with Crippen molar-refractivity contribution < 1.29 is 9.72 Å². The van der Waals surface area contributed by atoms with Crippen molar-refractivity contribution in [1.82, 2.24) is 9.55 Å². The average molecular weight is 221 g/mol. The summed E-state index contributed by atoms with van der Waals surface area (Å²) >= 11 is 0. The van der Waals surface area contributed by atoms with Crippen molar-refractivity contribution in [1.29, 1.82) is 0 Å². The molecule has 0 fully saturated rings. The molecular weight excluding hydrogens is 214 g/mol. The van der Waals surface area contributed by atoms with Crippen LogP contribution in [0.15, 0.2) is 23.0 Å². The van der Waals surface area contributed by atoms with Crippen LogP contribution in [-0.2, 0) is 0 Å². The summed E-state index contributed by atoms with van der Waals surface area (Å²) in [6.07, 6.45) is 0. The van der Waals surface area contributed by atoms with E-state index in [0.717, 1.165) is 4.57 Å². The number of non-ortho nitro benzene ring substituents is 1. The highest BCUT2D eigenvalue weighted by atomic mass is 16.6. The minimum Gasteiger partial charge on any atom is -0.305 e. The largest absolute Gasteiger partial charge is 0.333 e. The van der Waals surface area contributed by atoms with Crippen LogP contribution in [0.5, 0.6) is 0 Å². The number of nitrogens with zero attached hydrogens (tertiary/aromatic N) is 2. The Balaban J connectivity index is 2.80. The number of carbonyl (C=O) groups excluding carboxylic acids is 1. The maximum absolute atomic E-state index is 11.4. The number of nitro benzene ring substituents is 1. The van der Waals surface area contributed by atoms with E-state index in [1.54, 1.807) is 0 Å². The Morgan fingerprint density at radius 2 is 2.19 bits per heavy atom. The van der Waals surface area contributed by atoms with Crippen LogP contribution < -0.4 is 5.69 Å². The smallest absolute Gasteiger partial charge is 0.305 e. The minimum absolute atomic E-state index is 0.135. The number of nitrogens with one attached hydrogen (secondary N) is 1. The van der Waals surface area contributed by atoms with Gasteiger partial charge in [0.05, 0.1) is 16.0 Å². The highest BCUT2D eigenvalue weighted by molar-refractivity contribution is 5.89. The molecule has 0 aliphatic heterocycles. The molecule has 0 saturated heterocycles. The molecule has 0 bridgehead atoms. The van der Waals surface area contributed by atoms with E-state index in [1.807, 2.05) is 0 Å². The van der Waals surface area contributed by atoms with Crippen LogP contribution >= 0.6 is 0 Å². The topological polar surface area (TPSA) is 98.0 Å². The summed E-state index contributed by atoms with van der Waals surface area (Å²) in [7, 11) is 0. The van der Waals surface area contributed by atoms with Crippen molar-refractivity contribution in [3.05, 3.63) is 38.8 Å². The van der Waals surface area contributed by atoms with E-state index in [-0.39, 0.29) is 11.2 Å². The molecule has 1 N–H and O–H groups in total. The molecule has 2 rings (SSSR count). The monoisotopic (exact) mass is 221 g/mol. The quantitative estimate of drug-likeness (QED) is 0.571. The minimum atomic E-state index is -0.594. The standard InChI is InChI=1S/C9H7N3O4/c1-5(13)11-8-3-2-6(12(15)16)4-7(8)10-9(11)14/h2-4H,1H3,(H,10,14). The third kappa shape index (κ3) is 1.38. The molecule has 7 nitrogen and oxygen atoms in total. The molecule has 2 aromatic rings. The third-order valence-corrected chi connectivity index (χ3v) is 2.19. The fourth-order valence-corrected chi connectivity index (χ4v) is 1.53. The maximum atomic E-state index is 11.4. The second kappa shape index (κ2) is 3.30. The molecule has 1 aromatic heterocycles. The first-order valence-corrected chi connectivity index (χ1v) is 4.41. The zero-order valence-electron chi connectivity index (χ0n) is 8.26. The number of imidazole rings is 1. The zero-order valence-corrected chi connectivity index (χ0v) is 8.26. The molecule has 0 atom stereocenters. The number of fused-ring (bicyclic) bond motifs is 1. The second-order valence-electron chi connectivity index (χ2n) is 3.24. The van der Waals surface area contributed by atoms with Crippen molar-refractivity contribution in [2.75, 3.05) is 0 Å². The average Bonchev–Trinajstić information content (AvgIpc) is 2.51. The van der Waals surface area contributed by atoms with Gasteiger partial charge in [-0.15, -0.1) is 0 Å². The first-order chi connectivity index (χ1) is 7.50. The molecule has 82 valence electrons. The van der Waals surface area contributed by atoms with E-state index in [2.05, 4.69) is 4.98 Å². The lowest BCUT2D eigenvalue weighted by Gasteiger charge is -1.95. The van der Waals surface area contributed by atoms with Crippen LogP contribution in [0.4, 0.5) is 5.69 Å². The van der Waals surface area contributed by atoms with Gasteiger partial charge in [-0.1, -0.05) is 0 Å². The summed E-state index contributed by atoms with van der Waals surface area (Å²) in [5.41, 5.74) is -0.120. The lowest BCUT2D eigenvalue weighted by atomic mass is 10.3. The molecule has 1 aromatic carbocycles. The number of rotatable bonds is 1. The van der Waals surface area contributed by atoms with Crippen LogP contribution in [0.1, 0.15) is 11.7 Å². The van der Waals surface area contributed by atoms with E-state index in [4.69, 9.17) is 0 Å². The van der Waals surface area contributed by atoms with Crippen molar-refractivity contribution in [2.45, 2.75) is 6.92 Å². The number of nitro groups is 1. The van der Waals surface area contributed by atoms with Gasteiger partial charge in [0.25, 0.3) is 5.69 Å². The van der Waals surface area contributed by atoms with Crippen LogP contribution in [0, 0.1) is 10.1 Å². The highest BCUT2D eigenvalue weighted by Gasteiger charge is 2.13. The lowest BCUT2D eigenvalue weighted by molar-refractivity contribution is -0.384. The highest BCUT2D eigenvalue weighted by Crippen LogP contribution is 2.17. The maximum Gasteiger partial charge on any atom is 0.333 e. The molecule has 0 spiro atoms. The number of H-pyrrole nitrogens is 1. The van der Waals surface area contributed by atoms with Crippen LogP contribution in [0.3, 0.4) is 0 Å². The number of hydrogen-bond donors (Lipinski definition) is 1. The fraction of sp³-hybridized carbons (Fsp3) is 0.111. The molecular formula is C9H7N3O4. The first kappa shape index (κ1) is 10.1. The van der Waals surface area contributed by atoms with Gasteiger partial charge >= 0.3 is 5.69 Å². The van der Waals surface area contributed by atoms with E-state index in [9.17, 15) is 19.7 Å². The lowest BCUT2D eigenvalue weighted by Crippen LogP contribution is -2.21. The molecule has 0 aliphatic rings. The van der Waals surface area contributed by atoms with Crippen LogP contribution in [-0.4, -0.2) is 20.4 Å². The van der Waals surface area contributed by atoms with Gasteiger partial charge in [-0.25, -0.2) is 9.36 Å². The Morgan fingerprint density at radius 1 is 1.50 bits per heavy atom. The van der Waals surface area contributed by atoms with Crippen molar-refractivity contribution in [2.24, 2.45) is 0 Å². The molecule has 0 amide bonds. The van der Waals surface area contributed by atoms with Gasteiger partial charge < -0.3 is 4.98 Å². The van der Waals surface area contributed by atoms with E-state index in [1.165, 1.54) is 25.1 Å². The number of benzene rings is 1. The molecule has 16 heavy (non-hydrogen) atoms. The van der Waals surface area contributed by atoms with Gasteiger partial charge in [-0.3, -0.25) is 14.9 Å². The summed E-state index contributed by atoms with van der Waals surface area (Å²) in [6.45, 7) is 1.25. The zero-order chi connectivity index (χ0) is 11.9. The molecule has 1 heterocycles. The molecule has 7 heteroatoms. The number of aromatic nitrogens is 2. The third-order valence-electron chi connectivity index (χ3n) is 2.19. The number of carbonyl (C=O) groups is 1. The Hall–Kier alpha value is -2.44. The summed E-state index contributed by atoms with van der Waals surface area (Å²) in [6, 6.07) is 3.83. The second-order valence-corrected chi connectivity index (χ2v) is 3.24. The SMILES string of the molecule is CC(=O)n1c(=O)[nH]c2cc([N+](=O)[O-])ccc21. The summed E-state index contributed by atoms with van der Waals surface area (Å²) < 4.78 is 0.930.